The third kappa shape index (κ3) is 3.50. The van der Waals surface area contributed by atoms with Crippen molar-refractivity contribution in [2.45, 2.75) is 76.6 Å². The number of alkyl halides is 2. The van der Waals surface area contributed by atoms with Crippen molar-refractivity contribution in [2.75, 3.05) is 0 Å². The molecule has 0 saturated carbocycles. The minimum atomic E-state index is -3.48. The molecule has 0 bridgehead atoms. The van der Waals surface area contributed by atoms with Crippen LogP contribution in [0.1, 0.15) is 48.5 Å². The first-order valence-corrected chi connectivity index (χ1v) is 9.36. The Bertz CT molecular complexity index is 379. The number of halogens is 2. The lowest BCUT2D eigenvalue weighted by Crippen LogP contribution is -2.46. The zero-order valence-corrected chi connectivity index (χ0v) is 14.7. The topological polar surface area (TPSA) is 20.2 Å². The van der Waals surface area contributed by atoms with E-state index in [1.54, 1.807) is 0 Å². The highest BCUT2D eigenvalue weighted by Gasteiger charge is 2.47. The van der Waals surface area contributed by atoms with Crippen LogP contribution in [0.2, 0.25) is 16.6 Å². The molecule has 0 amide bonds. The van der Waals surface area contributed by atoms with Gasteiger partial charge < -0.3 is 5.11 Å². The van der Waals surface area contributed by atoms with Crippen molar-refractivity contribution in [1.29, 1.82) is 0 Å². The number of hydrogen-bond acceptors (Lipinski definition) is 1. The second-order valence-corrected chi connectivity index (χ2v) is 12.2. The molecule has 0 aromatic rings. The van der Waals surface area contributed by atoms with Crippen LogP contribution < -0.4 is 0 Å². The maximum absolute atomic E-state index is 14.0. The molecule has 4 heteroatoms. The van der Waals surface area contributed by atoms with E-state index in [2.05, 4.69) is 59.6 Å². The first-order chi connectivity index (χ1) is 8.85. The van der Waals surface area contributed by atoms with E-state index < -0.39 is 19.6 Å². The zero-order valence-electron chi connectivity index (χ0n) is 13.7. The Kier molecular flexibility index (Phi) is 6.19. The van der Waals surface area contributed by atoms with E-state index in [0.717, 1.165) is 13.0 Å². The van der Waals surface area contributed by atoms with Crippen LogP contribution in [0, 0.1) is 11.5 Å². The summed E-state index contributed by atoms with van der Waals surface area (Å²) < 4.78 is 28.1. The third-order valence-electron chi connectivity index (χ3n) is 4.34. The van der Waals surface area contributed by atoms with Gasteiger partial charge in [0.2, 0.25) is 0 Å². The smallest absolute Gasteiger partial charge is 0.338 e. The van der Waals surface area contributed by atoms with E-state index in [1.807, 2.05) is 0 Å². The molecule has 1 N–H and O–H groups in total. The van der Waals surface area contributed by atoms with Crippen molar-refractivity contribution in [2.24, 2.45) is 0 Å². The zero-order chi connectivity index (χ0) is 16.4. The Labute approximate surface area is 123 Å². The fourth-order valence-corrected chi connectivity index (χ4v) is 8.11. The summed E-state index contributed by atoms with van der Waals surface area (Å²) in [4.78, 5) is 0. The van der Waals surface area contributed by atoms with Crippen molar-refractivity contribution in [3.8, 4) is 11.5 Å². The van der Waals surface area contributed by atoms with E-state index in [-0.39, 0.29) is 16.6 Å². The predicted octanol–water partition coefficient (Wildman–Crippen LogP) is 4.78. The molecule has 0 aliphatic carbocycles. The fraction of sp³-hybridized carbons (Fsp3) is 0.750. The highest BCUT2D eigenvalue weighted by Crippen LogP contribution is 2.41. The van der Waals surface area contributed by atoms with Gasteiger partial charge in [0.05, 0.1) is 0 Å². The molecule has 0 rings (SSSR count). The minimum Gasteiger partial charge on any atom is -0.379 e. The van der Waals surface area contributed by atoms with Crippen LogP contribution in [0.4, 0.5) is 8.78 Å². The van der Waals surface area contributed by atoms with Crippen LogP contribution in [-0.2, 0) is 0 Å². The SMILES string of the molecule is C=CC(C)(O)C(F)(F)C#C[Si](C(C)C)(C(C)C)C(C)C. The van der Waals surface area contributed by atoms with Crippen LogP contribution in [-0.4, -0.2) is 24.7 Å². The molecule has 0 aliphatic rings. The highest BCUT2D eigenvalue weighted by atomic mass is 28.3. The standard InChI is InChI=1S/C16H28F2OSi/c1-9-15(8,19)16(17,18)10-11-20(12(2)3,13(4)5)14(6)7/h9,12-14,19H,1H2,2-8H3. The average molecular weight is 302 g/mol. The third-order valence-corrected chi connectivity index (χ3v) is 10.6. The first-order valence-electron chi connectivity index (χ1n) is 7.13. The molecule has 0 aliphatic heterocycles. The summed E-state index contributed by atoms with van der Waals surface area (Å²) in [6, 6.07) is 0. The predicted molar refractivity (Wildman–Crippen MR) is 84.6 cm³/mol. The van der Waals surface area contributed by atoms with Gasteiger partial charge >= 0.3 is 5.92 Å². The second-order valence-electron chi connectivity index (χ2n) is 6.57. The fourth-order valence-electron chi connectivity index (χ4n) is 2.87. The van der Waals surface area contributed by atoms with Gasteiger partial charge in [0.25, 0.3) is 0 Å². The molecule has 0 radical (unpaired) electrons. The van der Waals surface area contributed by atoms with Crippen molar-refractivity contribution in [3.05, 3.63) is 12.7 Å². The highest BCUT2D eigenvalue weighted by molar-refractivity contribution is 6.90. The van der Waals surface area contributed by atoms with Crippen molar-refractivity contribution < 1.29 is 13.9 Å². The lowest BCUT2D eigenvalue weighted by molar-refractivity contribution is -0.101. The Hall–Kier alpha value is -0.663. The molecule has 0 saturated heterocycles. The molecule has 0 fully saturated rings. The van der Waals surface area contributed by atoms with Crippen LogP contribution in [0.15, 0.2) is 12.7 Å². The van der Waals surface area contributed by atoms with E-state index in [1.165, 1.54) is 0 Å². The van der Waals surface area contributed by atoms with Crippen LogP contribution in [0.5, 0.6) is 0 Å². The molecule has 0 aromatic carbocycles. The monoisotopic (exact) mass is 302 g/mol. The van der Waals surface area contributed by atoms with Gasteiger partial charge in [-0.05, 0) is 29.5 Å². The van der Waals surface area contributed by atoms with E-state index in [4.69, 9.17) is 0 Å². The number of hydrogen-bond donors (Lipinski definition) is 1. The van der Waals surface area contributed by atoms with Gasteiger partial charge in [0, 0.05) is 0 Å². The summed E-state index contributed by atoms with van der Waals surface area (Å²) in [7, 11) is -2.22. The first kappa shape index (κ1) is 19.3. The van der Waals surface area contributed by atoms with Gasteiger partial charge in [-0.15, -0.1) is 5.54 Å². The van der Waals surface area contributed by atoms with Crippen molar-refractivity contribution in [3.63, 3.8) is 0 Å². The quantitative estimate of drug-likeness (QED) is 0.440. The van der Waals surface area contributed by atoms with Gasteiger partial charge in [-0.3, -0.25) is 0 Å². The average Bonchev–Trinajstić information content (AvgIpc) is 2.27. The lowest BCUT2D eigenvalue weighted by atomic mass is 9.99. The molecule has 0 aromatic heterocycles. The van der Waals surface area contributed by atoms with Gasteiger partial charge in [-0.2, -0.15) is 8.78 Å². The van der Waals surface area contributed by atoms with Gasteiger partial charge in [0.1, 0.15) is 8.07 Å². The molecule has 1 unspecified atom stereocenters. The number of rotatable bonds is 5. The Morgan fingerprint density at radius 1 is 1.05 bits per heavy atom. The lowest BCUT2D eigenvalue weighted by Gasteiger charge is -2.38. The molecule has 20 heavy (non-hydrogen) atoms. The summed E-state index contributed by atoms with van der Waals surface area (Å²) in [5.41, 5.74) is 1.47. The van der Waals surface area contributed by atoms with Crippen LogP contribution in [0.25, 0.3) is 0 Å². The van der Waals surface area contributed by atoms with Crippen molar-refractivity contribution >= 4 is 8.07 Å². The Morgan fingerprint density at radius 3 is 1.65 bits per heavy atom. The minimum absolute atomic E-state index is 0.277. The normalized spacial score (nSPS) is 16.1. The summed E-state index contributed by atoms with van der Waals surface area (Å²) in [5.74, 6) is -1.39. The molecule has 1 nitrogen and oxygen atoms in total. The molecular weight excluding hydrogens is 274 g/mol. The Balaban J connectivity index is 5.86. The van der Waals surface area contributed by atoms with Gasteiger partial charge in [-0.25, -0.2) is 0 Å². The van der Waals surface area contributed by atoms with E-state index in [0.29, 0.717) is 0 Å². The summed E-state index contributed by atoms with van der Waals surface area (Å²) in [6.45, 7) is 16.7. The van der Waals surface area contributed by atoms with Gasteiger partial charge in [0.15, 0.2) is 5.60 Å². The number of aliphatic hydroxyl groups is 1. The molecule has 1 atom stereocenters. The molecular formula is C16H28F2OSi. The summed E-state index contributed by atoms with van der Waals surface area (Å²) in [6.07, 6.45) is 0.852. The van der Waals surface area contributed by atoms with E-state index in [9.17, 15) is 13.9 Å². The molecule has 0 spiro atoms. The maximum Gasteiger partial charge on any atom is 0.338 e. The van der Waals surface area contributed by atoms with Crippen LogP contribution in [0.3, 0.4) is 0 Å². The van der Waals surface area contributed by atoms with Crippen molar-refractivity contribution in [1.82, 2.24) is 0 Å². The molecule has 116 valence electrons. The molecule has 0 heterocycles. The largest absolute Gasteiger partial charge is 0.379 e. The second kappa shape index (κ2) is 6.40. The van der Waals surface area contributed by atoms with Crippen LogP contribution >= 0.6 is 0 Å². The Morgan fingerprint density at radius 2 is 1.40 bits per heavy atom. The van der Waals surface area contributed by atoms with Gasteiger partial charge in [-0.1, -0.05) is 54.2 Å². The van der Waals surface area contributed by atoms with E-state index >= 15 is 0 Å². The summed E-state index contributed by atoms with van der Waals surface area (Å²) >= 11 is 0. The maximum atomic E-state index is 14.0. The summed E-state index contributed by atoms with van der Waals surface area (Å²) in [5, 5.41) is 9.71.